The average Bonchev–Trinajstić information content (AvgIpc) is 2.82. The zero-order chi connectivity index (χ0) is 22.3. The van der Waals surface area contributed by atoms with Crippen molar-refractivity contribution in [3.8, 4) is 22.9 Å². The molecule has 0 N–H and O–H groups in total. The molecule has 0 atom stereocenters. The number of hydrogen-bond donors (Lipinski definition) is 0. The third-order valence-electron chi connectivity index (χ3n) is 3.81. The first kappa shape index (κ1) is 25.2. The Labute approximate surface area is 197 Å². The Kier molecular flexibility index (Phi) is 12.1. The van der Waals surface area contributed by atoms with E-state index in [0.29, 0.717) is 11.5 Å². The summed E-state index contributed by atoms with van der Waals surface area (Å²) in [5.74, 6) is 1.18. The molecule has 160 valence electrons. The molecule has 3 aromatic rings. The normalized spacial score (nSPS) is 10.2. The van der Waals surface area contributed by atoms with Crippen LogP contribution < -0.4 is 9.47 Å². The fraction of sp³-hybridized carbons (Fsp3) is 0.182. The molecule has 0 aliphatic rings. The Bertz CT molecular complexity index is 929. The van der Waals surface area contributed by atoms with Gasteiger partial charge in [-0.15, -0.1) is 0 Å². The van der Waals surface area contributed by atoms with Gasteiger partial charge in [0.1, 0.15) is 0 Å². The van der Waals surface area contributed by atoms with Crippen LogP contribution >= 0.6 is 19.4 Å². The molecule has 0 bridgehead atoms. The zero-order valence-corrected chi connectivity index (χ0v) is 21.8. The van der Waals surface area contributed by atoms with E-state index in [1.807, 2.05) is 66.9 Å². The fourth-order valence-electron chi connectivity index (χ4n) is 2.47. The molecule has 0 spiro atoms. The summed E-state index contributed by atoms with van der Waals surface area (Å²) >= 11 is -0.931. The topological polar surface area (TPSA) is 62.7 Å². The second-order valence-electron chi connectivity index (χ2n) is 5.93. The predicted molar refractivity (Wildman–Crippen MR) is 120 cm³/mol. The van der Waals surface area contributed by atoms with Crippen LogP contribution in [0.3, 0.4) is 0 Å². The van der Waals surface area contributed by atoms with E-state index in [2.05, 4.69) is 9.97 Å². The number of halogens is 2. The zero-order valence-electron chi connectivity index (χ0n) is 17.3. The number of pyridine rings is 2. The van der Waals surface area contributed by atoms with Crippen molar-refractivity contribution in [1.29, 1.82) is 0 Å². The maximum absolute atomic E-state index is 5.58. The number of benzene rings is 1. The molecule has 6 nitrogen and oxygen atoms in total. The maximum atomic E-state index is 5.58. The third kappa shape index (κ3) is 8.93. The minimum absolute atomic E-state index is 0.134. The standard InChI is InChI=1S/C22H22N2O4.2ClH.Zn/c1-25-15-27-21-11-9-17(13-22(21)28-16-26-2)6-7-18-8-10-20(24-14-18)19-5-3-4-12-23-19;;;/h3-14H,15-16H2,1-2H3;2*1H;/q;;;+2/p-2/b7-6+;;;. The van der Waals surface area contributed by atoms with E-state index in [-0.39, 0.29) is 13.6 Å². The second-order valence-corrected chi connectivity index (χ2v) is 10.6. The summed E-state index contributed by atoms with van der Waals surface area (Å²) in [5.41, 5.74) is 3.64. The van der Waals surface area contributed by atoms with E-state index >= 15 is 0 Å². The van der Waals surface area contributed by atoms with Crippen molar-refractivity contribution in [2.45, 2.75) is 0 Å². The van der Waals surface area contributed by atoms with E-state index < -0.39 is 15.1 Å². The van der Waals surface area contributed by atoms with Gasteiger partial charge < -0.3 is 18.9 Å². The number of aromatic nitrogens is 2. The van der Waals surface area contributed by atoms with Crippen LogP contribution in [-0.2, 0) is 24.6 Å². The average molecular weight is 515 g/mol. The van der Waals surface area contributed by atoms with Crippen LogP contribution in [0.25, 0.3) is 23.5 Å². The molecule has 0 saturated carbocycles. The van der Waals surface area contributed by atoms with Gasteiger partial charge in [0.15, 0.2) is 25.1 Å². The predicted octanol–water partition coefficient (Wildman–Crippen LogP) is 5.66. The minimum atomic E-state index is -0.931. The van der Waals surface area contributed by atoms with Gasteiger partial charge >= 0.3 is 34.5 Å². The van der Waals surface area contributed by atoms with E-state index in [1.54, 1.807) is 20.4 Å². The van der Waals surface area contributed by atoms with Gasteiger partial charge in [-0.1, -0.05) is 30.4 Å². The fourth-order valence-corrected chi connectivity index (χ4v) is 2.47. The van der Waals surface area contributed by atoms with Crippen LogP contribution in [0.1, 0.15) is 11.1 Å². The van der Waals surface area contributed by atoms with Crippen molar-refractivity contribution < 1.29 is 34.1 Å². The van der Waals surface area contributed by atoms with Crippen LogP contribution in [0.5, 0.6) is 11.5 Å². The molecule has 0 saturated heterocycles. The van der Waals surface area contributed by atoms with Crippen molar-refractivity contribution in [3.63, 3.8) is 0 Å². The van der Waals surface area contributed by atoms with Crippen molar-refractivity contribution in [1.82, 2.24) is 9.97 Å². The number of methoxy groups -OCH3 is 2. The Balaban J connectivity index is 0.00000107. The molecule has 0 aliphatic carbocycles. The molecule has 3 rings (SSSR count). The summed E-state index contributed by atoms with van der Waals surface area (Å²) in [6.45, 7) is 0.280. The Morgan fingerprint density at radius 2 is 1.45 bits per heavy atom. The molecule has 0 radical (unpaired) electrons. The van der Waals surface area contributed by atoms with Gasteiger partial charge in [0, 0.05) is 26.6 Å². The van der Waals surface area contributed by atoms with E-state index in [9.17, 15) is 0 Å². The third-order valence-corrected chi connectivity index (χ3v) is 3.81. The summed E-state index contributed by atoms with van der Waals surface area (Å²) in [5, 5.41) is 0. The number of nitrogens with zero attached hydrogens (tertiary/aromatic N) is 2. The molecular formula is C22H22Cl2N2O4Zn. The molecule has 0 unspecified atom stereocenters. The summed E-state index contributed by atoms with van der Waals surface area (Å²) in [4.78, 5) is 8.79. The molecule has 0 amide bonds. The van der Waals surface area contributed by atoms with Gasteiger partial charge in [0.25, 0.3) is 0 Å². The second kappa shape index (κ2) is 14.9. The quantitative estimate of drug-likeness (QED) is 0.271. The molecule has 31 heavy (non-hydrogen) atoms. The van der Waals surface area contributed by atoms with Gasteiger partial charge in [0.05, 0.1) is 11.4 Å². The Morgan fingerprint density at radius 1 is 0.806 bits per heavy atom. The summed E-state index contributed by atoms with van der Waals surface area (Å²) in [7, 11) is 13.0. The van der Waals surface area contributed by atoms with E-state index in [1.165, 1.54) is 0 Å². The van der Waals surface area contributed by atoms with E-state index in [4.69, 9.17) is 38.3 Å². The monoisotopic (exact) mass is 512 g/mol. The van der Waals surface area contributed by atoms with Crippen molar-refractivity contribution in [2.24, 2.45) is 0 Å². The van der Waals surface area contributed by atoms with Crippen LogP contribution in [0, 0.1) is 0 Å². The SMILES string of the molecule is COCOc1ccc(/C=C/c2ccc(-c3ccccn3)nc2)cc1OCOC.[Cl][Zn][Cl]. The summed E-state index contributed by atoms with van der Waals surface area (Å²) < 4.78 is 21.0. The van der Waals surface area contributed by atoms with Crippen molar-refractivity contribution in [2.75, 3.05) is 27.8 Å². The molecule has 2 aromatic heterocycles. The number of hydrogen-bond acceptors (Lipinski definition) is 6. The van der Waals surface area contributed by atoms with E-state index in [0.717, 1.165) is 22.5 Å². The molecule has 9 heteroatoms. The van der Waals surface area contributed by atoms with Crippen molar-refractivity contribution >= 4 is 31.5 Å². The van der Waals surface area contributed by atoms with Gasteiger partial charge in [-0.3, -0.25) is 9.97 Å². The first-order valence-corrected chi connectivity index (χ1v) is 17.1. The molecule has 0 aliphatic heterocycles. The van der Waals surface area contributed by atoms with Gasteiger partial charge in [-0.2, -0.15) is 0 Å². The molecule has 2 heterocycles. The number of rotatable bonds is 9. The summed E-state index contributed by atoms with van der Waals surface area (Å²) in [6.07, 6.45) is 7.55. The summed E-state index contributed by atoms with van der Waals surface area (Å²) in [6, 6.07) is 15.4. The van der Waals surface area contributed by atoms with Gasteiger partial charge in [-0.05, 0) is 41.5 Å². The molecule has 0 fully saturated rings. The van der Waals surface area contributed by atoms with Crippen LogP contribution in [-0.4, -0.2) is 37.8 Å². The van der Waals surface area contributed by atoms with Gasteiger partial charge in [0.2, 0.25) is 0 Å². The number of ether oxygens (including phenoxy) is 4. The van der Waals surface area contributed by atoms with Crippen molar-refractivity contribution in [3.05, 3.63) is 72.1 Å². The first-order chi connectivity index (χ1) is 15.2. The van der Waals surface area contributed by atoms with Gasteiger partial charge in [-0.25, -0.2) is 0 Å². The first-order valence-electron chi connectivity index (χ1n) is 9.26. The molecular weight excluding hydrogens is 493 g/mol. The Hall–Kier alpha value is -2.02. The Morgan fingerprint density at radius 3 is 2.06 bits per heavy atom. The van der Waals surface area contributed by atoms with Crippen LogP contribution in [0.4, 0.5) is 0 Å². The van der Waals surface area contributed by atoms with Crippen LogP contribution in [0.15, 0.2) is 60.9 Å². The molecule has 1 aromatic carbocycles. The van der Waals surface area contributed by atoms with Crippen LogP contribution in [0.2, 0.25) is 0 Å².